The Labute approximate surface area is 313 Å². The first kappa shape index (κ1) is 43.0. The van der Waals surface area contributed by atoms with Gasteiger partial charge in [0.15, 0.2) is 12.2 Å². The van der Waals surface area contributed by atoms with Gasteiger partial charge in [0.25, 0.3) is 0 Å². The van der Waals surface area contributed by atoms with Gasteiger partial charge >= 0.3 is 11.9 Å². The molecule has 0 amide bonds. The third kappa shape index (κ3) is 14.9. The van der Waals surface area contributed by atoms with Gasteiger partial charge in [0, 0.05) is 47.6 Å². The van der Waals surface area contributed by atoms with E-state index in [1.54, 1.807) is 0 Å². The van der Waals surface area contributed by atoms with Crippen LogP contribution in [0.2, 0.25) is 0 Å². The van der Waals surface area contributed by atoms with Crippen LogP contribution in [-0.4, -0.2) is 63.8 Å². The van der Waals surface area contributed by atoms with Gasteiger partial charge in [0.1, 0.15) is 24.7 Å². The Morgan fingerprint density at radius 3 is 1.44 bits per heavy atom. The average molecular weight is 723 g/mol. The molecule has 0 saturated carbocycles. The Hall–Kier alpha value is -3.36. The van der Waals surface area contributed by atoms with Crippen LogP contribution in [0.3, 0.4) is 0 Å². The van der Waals surface area contributed by atoms with Crippen molar-refractivity contribution in [2.24, 2.45) is 0 Å². The van der Waals surface area contributed by atoms with E-state index in [0.29, 0.717) is 37.6 Å². The lowest BCUT2D eigenvalue weighted by Crippen LogP contribution is -2.30. The summed E-state index contributed by atoms with van der Waals surface area (Å²) in [5, 5.41) is 3.58. The maximum Gasteiger partial charge on any atom is 0.306 e. The second-order valence-electron chi connectivity index (χ2n) is 13.8. The standard InChI is InChI=1S/C44H66O8/c1-6-11-15-19-27-47-30-35(51-41(45)23-13-8-3)32-49-43-37-21-17-18-22-38(37)44(40-29-34(10-5)25-26-39(40)43)50-33-36(52-42(46)24-14-9-4)31-48-28-20-16-12-7-2/h17-18,21-22,25-26,29,35-36H,6-16,19-20,23-24,27-28,30-33H2,1-5H3. The molecule has 2 atom stereocenters. The first-order valence-electron chi connectivity index (χ1n) is 20.2. The molecular formula is C44H66O8. The largest absolute Gasteiger partial charge is 0.488 e. The van der Waals surface area contributed by atoms with E-state index >= 15 is 0 Å². The second kappa shape index (κ2) is 25.6. The first-order valence-corrected chi connectivity index (χ1v) is 20.2. The summed E-state index contributed by atoms with van der Waals surface area (Å²) in [6.45, 7) is 12.8. The molecule has 0 aliphatic rings. The van der Waals surface area contributed by atoms with Crippen molar-refractivity contribution in [2.75, 3.05) is 39.6 Å². The van der Waals surface area contributed by atoms with Gasteiger partial charge in [-0.3, -0.25) is 9.59 Å². The van der Waals surface area contributed by atoms with Gasteiger partial charge < -0.3 is 28.4 Å². The Morgan fingerprint density at radius 2 is 0.981 bits per heavy atom. The smallest absolute Gasteiger partial charge is 0.306 e. The summed E-state index contributed by atoms with van der Waals surface area (Å²) in [7, 11) is 0. The molecule has 3 aromatic rings. The van der Waals surface area contributed by atoms with Crippen LogP contribution >= 0.6 is 0 Å². The number of aryl methyl sites for hydroxylation is 1. The van der Waals surface area contributed by atoms with E-state index in [-0.39, 0.29) is 38.4 Å². The number of hydrogen-bond acceptors (Lipinski definition) is 8. The zero-order valence-corrected chi connectivity index (χ0v) is 32.8. The number of rotatable bonds is 29. The van der Waals surface area contributed by atoms with E-state index in [2.05, 4.69) is 52.8 Å². The summed E-state index contributed by atoms with van der Waals surface area (Å²) in [5.41, 5.74) is 1.16. The van der Waals surface area contributed by atoms with Crippen LogP contribution in [0.1, 0.15) is 130 Å². The van der Waals surface area contributed by atoms with Gasteiger partial charge in [-0.2, -0.15) is 0 Å². The Bertz CT molecular complexity index is 1450. The molecule has 3 rings (SSSR count). The van der Waals surface area contributed by atoms with E-state index in [4.69, 9.17) is 28.4 Å². The van der Waals surface area contributed by atoms with E-state index in [1.807, 2.05) is 24.3 Å². The number of fused-ring (bicyclic) bond motifs is 2. The number of esters is 2. The van der Waals surface area contributed by atoms with E-state index < -0.39 is 12.2 Å². The fourth-order valence-electron chi connectivity index (χ4n) is 6.09. The van der Waals surface area contributed by atoms with Gasteiger partial charge in [-0.1, -0.05) is 122 Å². The van der Waals surface area contributed by atoms with E-state index in [0.717, 1.165) is 97.7 Å². The van der Waals surface area contributed by atoms with Gasteiger partial charge in [-0.05, 0) is 43.7 Å². The number of ether oxygens (including phenoxy) is 6. The van der Waals surface area contributed by atoms with Crippen LogP contribution in [0.15, 0.2) is 42.5 Å². The second-order valence-corrected chi connectivity index (χ2v) is 13.8. The van der Waals surface area contributed by atoms with Crippen molar-refractivity contribution in [2.45, 2.75) is 143 Å². The molecule has 2 unspecified atom stereocenters. The molecule has 0 aromatic heterocycles. The lowest BCUT2D eigenvalue weighted by molar-refractivity contribution is -0.155. The minimum Gasteiger partial charge on any atom is -0.488 e. The van der Waals surface area contributed by atoms with Gasteiger partial charge in [0.05, 0.1) is 13.2 Å². The molecule has 3 aromatic carbocycles. The summed E-state index contributed by atoms with van der Waals surface area (Å²) >= 11 is 0. The van der Waals surface area contributed by atoms with Gasteiger partial charge in [-0.15, -0.1) is 0 Å². The topological polar surface area (TPSA) is 89.5 Å². The highest BCUT2D eigenvalue weighted by molar-refractivity contribution is 6.11. The summed E-state index contributed by atoms with van der Waals surface area (Å²) in [6.07, 6.45) is 12.8. The highest BCUT2D eigenvalue weighted by atomic mass is 16.6. The molecule has 0 aliphatic heterocycles. The Morgan fingerprint density at radius 1 is 0.519 bits per heavy atom. The van der Waals surface area contributed by atoms with E-state index in [1.165, 1.54) is 12.8 Å². The normalized spacial score (nSPS) is 12.6. The van der Waals surface area contributed by atoms with Crippen LogP contribution in [0.4, 0.5) is 0 Å². The van der Waals surface area contributed by atoms with Crippen LogP contribution in [0.25, 0.3) is 21.5 Å². The first-order chi connectivity index (χ1) is 25.4. The third-order valence-corrected chi connectivity index (χ3v) is 9.18. The van der Waals surface area contributed by atoms with E-state index in [9.17, 15) is 9.59 Å². The van der Waals surface area contributed by atoms with Crippen molar-refractivity contribution >= 4 is 33.5 Å². The monoisotopic (exact) mass is 722 g/mol. The predicted octanol–water partition coefficient (Wildman–Crippen LogP) is 10.7. The highest BCUT2D eigenvalue weighted by Gasteiger charge is 2.22. The van der Waals surface area contributed by atoms with Crippen molar-refractivity contribution in [3.63, 3.8) is 0 Å². The molecule has 0 spiro atoms. The van der Waals surface area contributed by atoms with Crippen LogP contribution in [-0.2, 0) is 35.0 Å². The summed E-state index contributed by atoms with van der Waals surface area (Å²) in [5.74, 6) is 0.956. The summed E-state index contributed by atoms with van der Waals surface area (Å²) in [4.78, 5) is 25.4. The quantitative estimate of drug-likeness (QED) is 0.0397. The molecule has 8 nitrogen and oxygen atoms in total. The Kier molecular flexibility index (Phi) is 21.2. The van der Waals surface area contributed by atoms with Crippen LogP contribution in [0.5, 0.6) is 11.5 Å². The molecule has 0 N–H and O–H groups in total. The number of unbranched alkanes of at least 4 members (excludes halogenated alkanes) is 8. The SMILES string of the molecule is CCCCCCOCC(COc1c2ccccc2c(OCC(COCCCCCC)OC(=O)CCCC)c2cc(CC)ccc12)OC(=O)CCCC. The molecule has 52 heavy (non-hydrogen) atoms. The summed E-state index contributed by atoms with van der Waals surface area (Å²) in [6, 6.07) is 14.4. The van der Waals surface area contributed by atoms with Gasteiger partial charge in [0.2, 0.25) is 0 Å². The number of carbonyl (C=O) groups is 2. The number of benzene rings is 3. The fraction of sp³-hybridized carbons (Fsp3) is 0.636. The minimum atomic E-state index is -0.542. The molecule has 290 valence electrons. The minimum absolute atomic E-state index is 0.160. The lowest BCUT2D eigenvalue weighted by atomic mass is 9.98. The fourth-order valence-corrected chi connectivity index (χ4v) is 6.09. The summed E-state index contributed by atoms with van der Waals surface area (Å²) < 4.78 is 37.1. The number of carbonyl (C=O) groups excluding carboxylic acids is 2. The van der Waals surface area contributed by atoms with Crippen LogP contribution in [0, 0.1) is 0 Å². The maximum absolute atomic E-state index is 12.7. The predicted molar refractivity (Wildman–Crippen MR) is 211 cm³/mol. The molecule has 8 heteroatoms. The average Bonchev–Trinajstić information content (AvgIpc) is 3.16. The van der Waals surface area contributed by atoms with Crippen molar-refractivity contribution in [3.8, 4) is 11.5 Å². The van der Waals surface area contributed by atoms with Crippen molar-refractivity contribution in [1.82, 2.24) is 0 Å². The van der Waals surface area contributed by atoms with Crippen molar-refractivity contribution < 1.29 is 38.0 Å². The number of hydrogen-bond donors (Lipinski definition) is 0. The molecule has 0 heterocycles. The van der Waals surface area contributed by atoms with Gasteiger partial charge in [-0.25, -0.2) is 0 Å². The molecule has 0 aliphatic carbocycles. The lowest BCUT2D eigenvalue weighted by Gasteiger charge is -2.23. The van der Waals surface area contributed by atoms with Crippen molar-refractivity contribution in [3.05, 3.63) is 48.0 Å². The highest BCUT2D eigenvalue weighted by Crippen LogP contribution is 2.43. The maximum atomic E-state index is 12.7. The Balaban J connectivity index is 1.90. The molecule has 0 saturated heterocycles. The van der Waals surface area contributed by atoms with Crippen LogP contribution < -0.4 is 9.47 Å². The molecule has 0 radical (unpaired) electrons. The van der Waals surface area contributed by atoms with Crippen molar-refractivity contribution in [1.29, 1.82) is 0 Å². The zero-order chi connectivity index (χ0) is 37.4. The zero-order valence-electron chi connectivity index (χ0n) is 32.8. The molecular weight excluding hydrogens is 656 g/mol. The molecule has 0 fully saturated rings. The third-order valence-electron chi connectivity index (χ3n) is 9.18. The molecule has 0 bridgehead atoms.